The summed E-state index contributed by atoms with van der Waals surface area (Å²) in [6.45, 7) is 6.09. The summed E-state index contributed by atoms with van der Waals surface area (Å²) < 4.78 is 0. The van der Waals surface area contributed by atoms with Crippen molar-refractivity contribution in [3.8, 4) is 0 Å². The van der Waals surface area contributed by atoms with Crippen LogP contribution in [0, 0.1) is 0 Å². The molecule has 1 aromatic rings. The summed E-state index contributed by atoms with van der Waals surface area (Å²) in [6, 6.07) is 7.09. The molecule has 1 fully saturated rings. The van der Waals surface area contributed by atoms with Crippen molar-refractivity contribution >= 4 is 23.5 Å². The van der Waals surface area contributed by atoms with Gasteiger partial charge in [0, 0.05) is 44.8 Å². The van der Waals surface area contributed by atoms with Crippen LogP contribution < -0.4 is 10.6 Å². The molecule has 0 unspecified atom stereocenters. The maximum absolute atomic E-state index is 12.0. The molecular formula is C16H23ClN4O2. The van der Waals surface area contributed by atoms with Crippen molar-refractivity contribution in [3.63, 3.8) is 0 Å². The number of halogens is 1. The molecular weight excluding hydrogens is 316 g/mol. The number of amides is 3. The quantitative estimate of drug-likeness (QED) is 0.868. The number of piperazine rings is 1. The molecule has 1 atom stereocenters. The lowest BCUT2D eigenvalue weighted by atomic mass is 10.1. The Balaban J connectivity index is 1.80. The number of carbonyl (C=O) groups is 2. The van der Waals surface area contributed by atoms with Crippen LogP contribution in [0.3, 0.4) is 0 Å². The summed E-state index contributed by atoms with van der Waals surface area (Å²) in [5, 5.41) is 5.46. The van der Waals surface area contributed by atoms with Crippen molar-refractivity contribution in [1.82, 2.24) is 20.4 Å². The van der Waals surface area contributed by atoms with E-state index < -0.39 is 6.03 Å². The largest absolute Gasteiger partial charge is 0.341 e. The summed E-state index contributed by atoms with van der Waals surface area (Å²) in [6.07, 6.45) is 0. The van der Waals surface area contributed by atoms with Crippen molar-refractivity contribution < 1.29 is 9.59 Å². The average Bonchev–Trinajstić information content (AvgIpc) is 2.56. The molecule has 2 N–H and O–H groups in total. The molecule has 3 amide bonds. The summed E-state index contributed by atoms with van der Waals surface area (Å²) in [5.74, 6) is -0.268. The maximum atomic E-state index is 12.0. The lowest BCUT2D eigenvalue weighted by molar-refractivity contribution is -0.125. The van der Waals surface area contributed by atoms with Crippen LogP contribution in [0.5, 0.6) is 0 Å². The molecule has 0 spiro atoms. The summed E-state index contributed by atoms with van der Waals surface area (Å²) in [4.78, 5) is 27.6. The number of nitrogens with zero attached hydrogens (tertiary/aromatic N) is 2. The first-order valence-corrected chi connectivity index (χ1v) is 8.11. The SMILES string of the molecule is CNC(=O)NC(=O)[C@@H](C)N1CCN(Cc2ccc(Cl)cc2)CC1. The fourth-order valence-electron chi connectivity index (χ4n) is 2.60. The third-order valence-electron chi connectivity index (χ3n) is 4.12. The molecule has 1 heterocycles. The van der Waals surface area contributed by atoms with E-state index in [-0.39, 0.29) is 11.9 Å². The van der Waals surface area contributed by atoms with Gasteiger partial charge < -0.3 is 5.32 Å². The molecule has 1 aliphatic rings. The highest BCUT2D eigenvalue weighted by Crippen LogP contribution is 2.13. The number of rotatable bonds is 4. The van der Waals surface area contributed by atoms with Gasteiger partial charge in [0.25, 0.3) is 0 Å². The Kier molecular flexibility index (Phi) is 6.38. The second kappa shape index (κ2) is 8.29. The normalized spacial score (nSPS) is 17.5. The molecule has 23 heavy (non-hydrogen) atoms. The van der Waals surface area contributed by atoms with Crippen LogP contribution in [-0.4, -0.2) is 61.0 Å². The van der Waals surface area contributed by atoms with Gasteiger partial charge in [-0.25, -0.2) is 4.79 Å². The summed E-state index contributed by atoms with van der Waals surface area (Å²) in [5.41, 5.74) is 1.23. The lowest BCUT2D eigenvalue weighted by Crippen LogP contribution is -2.55. The van der Waals surface area contributed by atoms with Crippen LogP contribution >= 0.6 is 11.6 Å². The van der Waals surface area contributed by atoms with E-state index in [1.165, 1.54) is 12.6 Å². The predicted octanol–water partition coefficient (Wildman–Crippen LogP) is 1.30. The van der Waals surface area contributed by atoms with Crippen LogP contribution in [0.2, 0.25) is 5.02 Å². The van der Waals surface area contributed by atoms with Gasteiger partial charge in [-0.15, -0.1) is 0 Å². The lowest BCUT2D eigenvalue weighted by Gasteiger charge is -2.37. The fraction of sp³-hybridized carbons (Fsp3) is 0.500. The first-order chi connectivity index (χ1) is 11.0. The van der Waals surface area contributed by atoms with E-state index in [1.807, 2.05) is 31.2 Å². The van der Waals surface area contributed by atoms with Gasteiger partial charge in [0.15, 0.2) is 0 Å². The Hall–Kier alpha value is -1.63. The Morgan fingerprint density at radius 2 is 1.78 bits per heavy atom. The van der Waals surface area contributed by atoms with Crippen molar-refractivity contribution in [2.75, 3.05) is 33.2 Å². The molecule has 1 aromatic carbocycles. The first-order valence-electron chi connectivity index (χ1n) is 7.73. The Labute approximate surface area is 141 Å². The van der Waals surface area contributed by atoms with E-state index in [1.54, 1.807) is 0 Å². The van der Waals surface area contributed by atoms with E-state index >= 15 is 0 Å². The van der Waals surface area contributed by atoms with Crippen molar-refractivity contribution in [2.45, 2.75) is 19.5 Å². The van der Waals surface area contributed by atoms with Crippen LogP contribution in [0.15, 0.2) is 24.3 Å². The Morgan fingerprint density at radius 3 is 2.35 bits per heavy atom. The van der Waals surface area contributed by atoms with E-state index in [0.29, 0.717) is 0 Å². The molecule has 0 aliphatic carbocycles. The standard InChI is InChI=1S/C16H23ClN4O2/c1-12(15(22)19-16(23)18-2)21-9-7-20(8-10-21)11-13-3-5-14(17)6-4-13/h3-6,12H,7-11H2,1-2H3,(H2,18,19,22,23)/t12-/m1/s1. The minimum atomic E-state index is -0.469. The monoisotopic (exact) mass is 338 g/mol. The molecule has 0 bridgehead atoms. The second-order valence-corrected chi connectivity index (χ2v) is 6.12. The number of nitrogens with one attached hydrogen (secondary N) is 2. The zero-order valence-corrected chi connectivity index (χ0v) is 14.3. The van der Waals surface area contributed by atoms with Crippen molar-refractivity contribution in [2.24, 2.45) is 0 Å². The van der Waals surface area contributed by atoms with Crippen LogP contribution in [0.1, 0.15) is 12.5 Å². The number of hydrogen-bond acceptors (Lipinski definition) is 4. The van der Waals surface area contributed by atoms with Gasteiger partial charge in [-0.2, -0.15) is 0 Å². The molecule has 2 rings (SSSR count). The molecule has 6 nitrogen and oxygen atoms in total. The Bertz CT molecular complexity index is 542. The van der Waals surface area contributed by atoms with Crippen LogP contribution in [0.4, 0.5) is 4.79 Å². The smallest absolute Gasteiger partial charge is 0.321 e. The average molecular weight is 339 g/mol. The number of carbonyl (C=O) groups excluding carboxylic acids is 2. The number of hydrogen-bond donors (Lipinski definition) is 2. The summed E-state index contributed by atoms with van der Waals surface area (Å²) in [7, 11) is 1.49. The third kappa shape index (κ3) is 5.20. The van der Waals surface area contributed by atoms with Crippen molar-refractivity contribution in [3.05, 3.63) is 34.9 Å². The minimum Gasteiger partial charge on any atom is -0.341 e. The fourth-order valence-corrected chi connectivity index (χ4v) is 2.73. The van der Waals surface area contributed by atoms with Gasteiger partial charge in [-0.3, -0.25) is 19.9 Å². The van der Waals surface area contributed by atoms with E-state index in [2.05, 4.69) is 20.4 Å². The zero-order chi connectivity index (χ0) is 16.8. The molecule has 0 aromatic heterocycles. The Morgan fingerprint density at radius 1 is 1.17 bits per heavy atom. The van der Waals surface area contributed by atoms with E-state index in [4.69, 9.17) is 11.6 Å². The molecule has 0 radical (unpaired) electrons. The molecule has 0 saturated carbocycles. The first kappa shape index (κ1) is 17.7. The minimum absolute atomic E-state index is 0.268. The van der Waals surface area contributed by atoms with Gasteiger partial charge in [-0.05, 0) is 24.6 Å². The second-order valence-electron chi connectivity index (χ2n) is 5.68. The van der Waals surface area contributed by atoms with Gasteiger partial charge in [0.1, 0.15) is 0 Å². The van der Waals surface area contributed by atoms with Crippen LogP contribution in [0.25, 0.3) is 0 Å². The predicted molar refractivity (Wildman–Crippen MR) is 90.4 cm³/mol. The topological polar surface area (TPSA) is 64.7 Å². The highest BCUT2D eigenvalue weighted by Gasteiger charge is 2.26. The number of urea groups is 1. The van der Waals surface area contributed by atoms with Crippen molar-refractivity contribution in [1.29, 1.82) is 0 Å². The maximum Gasteiger partial charge on any atom is 0.321 e. The van der Waals surface area contributed by atoms with Crippen LogP contribution in [-0.2, 0) is 11.3 Å². The number of imide groups is 1. The third-order valence-corrected chi connectivity index (χ3v) is 4.37. The highest BCUT2D eigenvalue weighted by atomic mass is 35.5. The molecule has 7 heteroatoms. The van der Waals surface area contributed by atoms with Gasteiger partial charge >= 0.3 is 6.03 Å². The van der Waals surface area contributed by atoms with E-state index in [9.17, 15) is 9.59 Å². The van der Waals surface area contributed by atoms with Gasteiger partial charge in [0.2, 0.25) is 5.91 Å². The van der Waals surface area contributed by atoms with Gasteiger partial charge in [0.05, 0.1) is 6.04 Å². The number of benzene rings is 1. The highest BCUT2D eigenvalue weighted by molar-refractivity contribution is 6.30. The van der Waals surface area contributed by atoms with Gasteiger partial charge in [-0.1, -0.05) is 23.7 Å². The van der Waals surface area contributed by atoms with E-state index in [0.717, 1.165) is 37.7 Å². The molecule has 126 valence electrons. The zero-order valence-electron chi connectivity index (χ0n) is 13.5. The summed E-state index contributed by atoms with van der Waals surface area (Å²) >= 11 is 5.90. The molecule has 1 aliphatic heterocycles. The molecule has 1 saturated heterocycles.